The molecular formula is C12H14IN5O. The molecule has 19 heavy (non-hydrogen) atoms. The van der Waals surface area contributed by atoms with Gasteiger partial charge in [0.05, 0.1) is 0 Å². The van der Waals surface area contributed by atoms with Crippen molar-refractivity contribution in [2.75, 3.05) is 24.7 Å². The molecule has 1 heterocycles. The second-order valence-corrected chi connectivity index (χ2v) is 5.29. The summed E-state index contributed by atoms with van der Waals surface area (Å²) in [6.45, 7) is 0.258. The number of rotatable bonds is 4. The van der Waals surface area contributed by atoms with Gasteiger partial charge in [0.2, 0.25) is 11.9 Å². The van der Waals surface area contributed by atoms with Gasteiger partial charge in [-0.1, -0.05) is 0 Å². The highest BCUT2D eigenvalue weighted by atomic mass is 127. The van der Waals surface area contributed by atoms with Crippen LogP contribution in [-0.4, -0.2) is 29.0 Å². The molecule has 2 aromatic rings. The molecule has 100 valence electrons. The van der Waals surface area contributed by atoms with Crippen LogP contribution in [0.5, 0.6) is 5.75 Å². The van der Waals surface area contributed by atoms with E-state index in [1.165, 1.54) is 0 Å². The Kier molecular flexibility index (Phi) is 4.35. The maximum absolute atomic E-state index is 5.64. The molecule has 0 spiro atoms. The minimum Gasteiger partial charge on any atom is -0.486 e. The Hall–Kier alpha value is -1.64. The van der Waals surface area contributed by atoms with Crippen molar-refractivity contribution < 1.29 is 4.74 Å². The van der Waals surface area contributed by atoms with Crippen LogP contribution in [0.1, 0.15) is 5.82 Å². The second-order valence-electron chi connectivity index (χ2n) is 4.05. The van der Waals surface area contributed by atoms with E-state index in [0.29, 0.717) is 11.8 Å². The Morgan fingerprint density at radius 3 is 2.47 bits per heavy atom. The number of halogens is 1. The minimum atomic E-state index is 0.194. The number of ether oxygens (including phenoxy) is 1. The van der Waals surface area contributed by atoms with E-state index in [4.69, 9.17) is 10.5 Å². The highest BCUT2D eigenvalue weighted by Gasteiger charge is 2.06. The van der Waals surface area contributed by atoms with E-state index in [2.05, 4.69) is 37.5 Å². The van der Waals surface area contributed by atoms with Gasteiger partial charge < -0.3 is 15.4 Å². The first-order valence-electron chi connectivity index (χ1n) is 5.61. The lowest BCUT2D eigenvalue weighted by molar-refractivity contribution is 0.295. The summed E-state index contributed by atoms with van der Waals surface area (Å²) >= 11 is 2.24. The van der Waals surface area contributed by atoms with Crippen LogP contribution in [0.3, 0.4) is 0 Å². The molecule has 1 aromatic carbocycles. The predicted octanol–water partition coefficient (Wildman–Crippen LogP) is 1.70. The second kappa shape index (κ2) is 6.00. The highest BCUT2D eigenvalue weighted by Crippen LogP contribution is 2.15. The van der Waals surface area contributed by atoms with Crippen LogP contribution in [0, 0.1) is 3.57 Å². The third-order valence-electron chi connectivity index (χ3n) is 2.27. The summed E-state index contributed by atoms with van der Waals surface area (Å²) in [4.78, 5) is 14.1. The summed E-state index contributed by atoms with van der Waals surface area (Å²) in [5.41, 5.74) is 5.64. The fourth-order valence-electron chi connectivity index (χ4n) is 1.37. The third kappa shape index (κ3) is 3.91. The molecule has 0 aliphatic rings. The Morgan fingerprint density at radius 1 is 1.16 bits per heavy atom. The van der Waals surface area contributed by atoms with Crippen LogP contribution in [0.2, 0.25) is 0 Å². The molecule has 2 rings (SSSR count). The molecule has 0 aliphatic carbocycles. The number of aromatic nitrogens is 3. The smallest absolute Gasteiger partial charge is 0.230 e. The summed E-state index contributed by atoms with van der Waals surface area (Å²) in [6, 6.07) is 7.75. The van der Waals surface area contributed by atoms with Crippen molar-refractivity contribution in [3.8, 4) is 5.75 Å². The first kappa shape index (κ1) is 13.8. The van der Waals surface area contributed by atoms with Crippen LogP contribution in [0.25, 0.3) is 0 Å². The molecular weight excluding hydrogens is 357 g/mol. The van der Waals surface area contributed by atoms with Crippen LogP contribution >= 0.6 is 22.6 Å². The molecule has 0 aliphatic heterocycles. The third-order valence-corrected chi connectivity index (χ3v) is 2.99. The van der Waals surface area contributed by atoms with E-state index < -0.39 is 0 Å². The molecule has 2 N–H and O–H groups in total. The number of nitrogen functional groups attached to an aromatic ring is 1. The molecule has 0 saturated heterocycles. The van der Waals surface area contributed by atoms with Gasteiger partial charge in [0.25, 0.3) is 0 Å². The zero-order valence-corrected chi connectivity index (χ0v) is 12.8. The molecule has 0 fully saturated rings. The fraction of sp³-hybridized carbons (Fsp3) is 0.250. The maximum atomic E-state index is 5.64. The highest BCUT2D eigenvalue weighted by molar-refractivity contribution is 14.1. The van der Waals surface area contributed by atoms with E-state index in [0.717, 1.165) is 9.32 Å². The molecule has 0 saturated carbocycles. The van der Waals surface area contributed by atoms with E-state index in [1.807, 2.05) is 38.4 Å². The van der Waals surface area contributed by atoms with Gasteiger partial charge in [-0.15, -0.1) is 0 Å². The van der Waals surface area contributed by atoms with Gasteiger partial charge in [-0.3, -0.25) is 0 Å². The van der Waals surface area contributed by atoms with Crippen molar-refractivity contribution >= 4 is 34.5 Å². The minimum absolute atomic E-state index is 0.194. The molecule has 0 amide bonds. The Labute approximate surface area is 125 Å². The summed E-state index contributed by atoms with van der Waals surface area (Å²) in [5.74, 6) is 1.99. The average Bonchev–Trinajstić information content (AvgIpc) is 2.37. The Balaban J connectivity index is 2.08. The SMILES string of the molecule is CN(C)c1nc(N)nc(COc2ccc(I)cc2)n1. The van der Waals surface area contributed by atoms with Gasteiger partial charge in [-0.05, 0) is 46.9 Å². The van der Waals surface area contributed by atoms with Crippen molar-refractivity contribution in [2.24, 2.45) is 0 Å². The largest absolute Gasteiger partial charge is 0.486 e. The van der Waals surface area contributed by atoms with E-state index in [1.54, 1.807) is 4.90 Å². The quantitative estimate of drug-likeness (QED) is 0.825. The number of benzene rings is 1. The van der Waals surface area contributed by atoms with E-state index >= 15 is 0 Å². The van der Waals surface area contributed by atoms with Crippen LogP contribution in [-0.2, 0) is 6.61 Å². The van der Waals surface area contributed by atoms with Crippen molar-refractivity contribution in [2.45, 2.75) is 6.61 Å². The van der Waals surface area contributed by atoms with Gasteiger partial charge in [0.1, 0.15) is 12.4 Å². The first-order chi connectivity index (χ1) is 9.04. The molecule has 6 nitrogen and oxygen atoms in total. The lowest BCUT2D eigenvalue weighted by atomic mass is 10.3. The topological polar surface area (TPSA) is 77.2 Å². The monoisotopic (exact) mass is 371 g/mol. The molecule has 0 radical (unpaired) electrons. The molecule has 1 aromatic heterocycles. The van der Waals surface area contributed by atoms with Crippen molar-refractivity contribution in [1.82, 2.24) is 15.0 Å². The normalized spacial score (nSPS) is 10.3. The van der Waals surface area contributed by atoms with E-state index in [-0.39, 0.29) is 12.6 Å². The number of nitrogens with zero attached hydrogens (tertiary/aromatic N) is 4. The van der Waals surface area contributed by atoms with Gasteiger partial charge in [-0.25, -0.2) is 0 Å². The standard InChI is InChI=1S/C12H14IN5O/c1-18(2)12-16-10(15-11(14)17-12)7-19-9-5-3-8(13)4-6-9/h3-6H,7H2,1-2H3,(H2,14,15,16,17). The number of anilines is 2. The number of hydrogen-bond acceptors (Lipinski definition) is 6. The predicted molar refractivity (Wildman–Crippen MR) is 82.1 cm³/mol. The lowest BCUT2D eigenvalue weighted by Crippen LogP contribution is -2.16. The number of nitrogens with two attached hydrogens (primary N) is 1. The maximum Gasteiger partial charge on any atom is 0.230 e. The van der Waals surface area contributed by atoms with E-state index in [9.17, 15) is 0 Å². The van der Waals surface area contributed by atoms with Gasteiger partial charge in [0, 0.05) is 17.7 Å². The van der Waals surface area contributed by atoms with Crippen molar-refractivity contribution in [3.63, 3.8) is 0 Å². The molecule has 0 unspecified atom stereocenters. The van der Waals surface area contributed by atoms with Crippen LogP contribution in [0.15, 0.2) is 24.3 Å². The Bertz CT molecular complexity index is 559. The van der Waals surface area contributed by atoms with Gasteiger partial charge in [0.15, 0.2) is 5.82 Å². The van der Waals surface area contributed by atoms with Gasteiger partial charge in [-0.2, -0.15) is 15.0 Å². The molecule has 0 atom stereocenters. The first-order valence-corrected chi connectivity index (χ1v) is 6.68. The fourth-order valence-corrected chi connectivity index (χ4v) is 1.73. The summed E-state index contributed by atoms with van der Waals surface area (Å²) < 4.78 is 6.76. The summed E-state index contributed by atoms with van der Waals surface area (Å²) in [7, 11) is 3.69. The number of hydrogen-bond donors (Lipinski definition) is 1. The summed E-state index contributed by atoms with van der Waals surface area (Å²) in [6.07, 6.45) is 0. The zero-order chi connectivity index (χ0) is 13.8. The summed E-state index contributed by atoms with van der Waals surface area (Å²) in [5, 5.41) is 0. The molecule has 7 heteroatoms. The lowest BCUT2D eigenvalue weighted by Gasteiger charge is -2.11. The van der Waals surface area contributed by atoms with Crippen LogP contribution in [0.4, 0.5) is 11.9 Å². The van der Waals surface area contributed by atoms with Crippen LogP contribution < -0.4 is 15.4 Å². The Morgan fingerprint density at radius 2 is 1.84 bits per heavy atom. The van der Waals surface area contributed by atoms with Crippen molar-refractivity contribution in [1.29, 1.82) is 0 Å². The van der Waals surface area contributed by atoms with Gasteiger partial charge >= 0.3 is 0 Å². The zero-order valence-electron chi connectivity index (χ0n) is 10.7. The average molecular weight is 371 g/mol. The van der Waals surface area contributed by atoms with Crippen molar-refractivity contribution in [3.05, 3.63) is 33.7 Å². The molecule has 0 bridgehead atoms.